The van der Waals surface area contributed by atoms with Gasteiger partial charge in [-0.05, 0) is 23.7 Å². The van der Waals surface area contributed by atoms with Gasteiger partial charge in [0.1, 0.15) is 5.69 Å². The highest BCUT2D eigenvalue weighted by molar-refractivity contribution is 6.28. The molecule has 0 radical (unpaired) electrons. The fourth-order valence-corrected chi connectivity index (χ4v) is 2.25. The van der Waals surface area contributed by atoms with E-state index >= 15 is 0 Å². The second-order valence-electron chi connectivity index (χ2n) is 4.59. The number of halogens is 4. The lowest BCUT2D eigenvalue weighted by Crippen LogP contribution is -2.03. The largest absolute Gasteiger partial charge is 0.427 e. The Labute approximate surface area is 129 Å². The van der Waals surface area contributed by atoms with Crippen LogP contribution >= 0.6 is 11.6 Å². The van der Waals surface area contributed by atoms with Crippen LogP contribution in [0.4, 0.5) is 13.2 Å². The Morgan fingerprint density at radius 1 is 0.864 bits per heavy atom. The maximum Gasteiger partial charge on any atom is 0.416 e. The second-order valence-corrected chi connectivity index (χ2v) is 4.91. The lowest BCUT2D eigenvalue weighted by atomic mass is 10.0. The van der Waals surface area contributed by atoms with Crippen LogP contribution in [0, 0.1) is 0 Å². The van der Waals surface area contributed by atoms with Gasteiger partial charge in [0.2, 0.25) is 0 Å². The van der Waals surface area contributed by atoms with Gasteiger partial charge in [0.25, 0.3) is 5.35 Å². The molecule has 0 saturated carbocycles. The first-order valence-electron chi connectivity index (χ1n) is 6.34. The molecule has 0 spiro atoms. The molecule has 3 aromatic rings. The maximum absolute atomic E-state index is 12.6. The molecular weight excluding hydrogens is 315 g/mol. The van der Waals surface area contributed by atoms with Crippen LogP contribution in [0.15, 0.2) is 59.0 Å². The Morgan fingerprint density at radius 2 is 1.50 bits per heavy atom. The minimum Gasteiger partial charge on any atom is -0.427 e. The Balaban J connectivity index is 2.06. The topological polar surface area (TPSA) is 26.0 Å². The summed E-state index contributed by atoms with van der Waals surface area (Å²) in [5, 5.41) is -0.0613. The van der Waals surface area contributed by atoms with Crippen LogP contribution in [0.25, 0.3) is 22.6 Å². The summed E-state index contributed by atoms with van der Waals surface area (Å²) < 4.78 is 43.2. The lowest BCUT2D eigenvalue weighted by Gasteiger charge is -2.07. The molecule has 0 atom stereocenters. The summed E-state index contributed by atoms with van der Waals surface area (Å²) in [4.78, 5) is 4.10. The number of benzene rings is 2. The van der Waals surface area contributed by atoms with Crippen molar-refractivity contribution < 1.29 is 17.6 Å². The SMILES string of the molecule is FC(F)(F)c1ccc(-c2oc(Cl)nc2-c2ccccc2)cc1. The average Bonchev–Trinajstić information content (AvgIpc) is 2.89. The number of oxazole rings is 1. The van der Waals surface area contributed by atoms with E-state index in [1.54, 1.807) is 0 Å². The van der Waals surface area contributed by atoms with Crippen LogP contribution < -0.4 is 0 Å². The quantitative estimate of drug-likeness (QED) is 0.606. The van der Waals surface area contributed by atoms with Crippen LogP contribution in [-0.4, -0.2) is 4.98 Å². The highest BCUT2D eigenvalue weighted by atomic mass is 35.5. The summed E-state index contributed by atoms with van der Waals surface area (Å²) >= 11 is 5.81. The van der Waals surface area contributed by atoms with Crippen LogP contribution in [0.1, 0.15) is 5.56 Å². The van der Waals surface area contributed by atoms with Gasteiger partial charge < -0.3 is 4.42 Å². The molecule has 2 nitrogen and oxygen atoms in total. The van der Waals surface area contributed by atoms with Crippen LogP contribution in [0.5, 0.6) is 0 Å². The van der Waals surface area contributed by atoms with Gasteiger partial charge in [-0.2, -0.15) is 18.2 Å². The Morgan fingerprint density at radius 3 is 2.09 bits per heavy atom. The maximum atomic E-state index is 12.6. The van der Waals surface area contributed by atoms with Gasteiger partial charge in [-0.3, -0.25) is 0 Å². The van der Waals surface area contributed by atoms with Crippen molar-refractivity contribution in [1.29, 1.82) is 0 Å². The zero-order valence-electron chi connectivity index (χ0n) is 11.1. The van der Waals surface area contributed by atoms with Gasteiger partial charge in [0.05, 0.1) is 5.56 Å². The summed E-state index contributed by atoms with van der Waals surface area (Å²) in [5.41, 5.74) is 1.02. The molecule has 0 fully saturated rings. The van der Waals surface area contributed by atoms with Gasteiger partial charge in [0.15, 0.2) is 5.76 Å². The molecule has 6 heteroatoms. The summed E-state index contributed by atoms with van der Waals surface area (Å²) in [6.07, 6.45) is -4.38. The van der Waals surface area contributed by atoms with E-state index in [1.165, 1.54) is 12.1 Å². The number of hydrogen-bond acceptors (Lipinski definition) is 2. The number of nitrogens with zero attached hydrogens (tertiary/aromatic N) is 1. The standard InChI is InChI=1S/C16H9ClF3NO/c17-15-21-13(10-4-2-1-3-5-10)14(22-15)11-6-8-12(9-7-11)16(18,19)20/h1-9H. The predicted octanol–water partition coefficient (Wildman–Crippen LogP) is 5.68. The smallest absolute Gasteiger partial charge is 0.416 e. The van der Waals surface area contributed by atoms with Gasteiger partial charge in [-0.1, -0.05) is 42.5 Å². The molecule has 112 valence electrons. The van der Waals surface area contributed by atoms with Crippen molar-refractivity contribution in [2.75, 3.05) is 0 Å². The minimum absolute atomic E-state index is 0.0613. The lowest BCUT2D eigenvalue weighted by molar-refractivity contribution is -0.137. The summed E-state index contributed by atoms with van der Waals surface area (Å²) in [7, 11) is 0. The Hall–Kier alpha value is -2.27. The van der Waals surface area contributed by atoms with Gasteiger partial charge in [0, 0.05) is 11.1 Å². The van der Waals surface area contributed by atoms with Crippen molar-refractivity contribution in [1.82, 2.24) is 4.98 Å². The van der Waals surface area contributed by atoms with E-state index < -0.39 is 11.7 Å². The van der Waals surface area contributed by atoms with Gasteiger partial charge >= 0.3 is 6.18 Å². The van der Waals surface area contributed by atoms with Crippen molar-refractivity contribution in [2.45, 2.75) is 6.18 Å². The molecule has 3 rings (SSSR count). The molecule has 22 heavy (non-hydrogen) atoms. The third kappa shape index (κ3) is 2.85. The van der Waals surface area contributed by atoms with Crippen LogP contribution in [0.2, 0.25) is 5.35 Å². The van der Waals surface area contributed by atoms with Crippen molar-refractivity contribution >= 4 is 11.6 Å². The molecule has 0 aliphatic rings. The molecule has 1 heterocycles. The average molecular weight is 324 g/mol. The third-order valence-corrected chi connectivity index (χ3v) is 3.28. The zero-order chi connectivity index (χ0) is 15.7. The number of aromatic nitrogens is 1. The van der Waals surface area contributed by atoms with E-state index in [-0.39, 0.29) is 5.35 Å². The number of alkyl halides is 3. The van der Waals surface area contributed by atoms with Gasteiger partial charge in [-0.25, -0.2) is 0 Å². The first-order chi connectivity index (χ1) is 10.4. The first-order valence-corrected chi connectivity index (χ1v) is 6.72. The van der Waals surface area contributed by atoms with Crippen LogP contribution in [0.3, 0.4) is 0 Å². The summed E-state index contributed by atoms with van der Waals surface area (Å²) in [5.74, 6) is 0.338. The van der Waals surface area contributed by atoms with E-state index in [0.29, 0.717) is 17.0 Å². The van der Waals surface area contributed by atoms with E-state index in [9.17, 15) is 13.2 Å². The summed E-state index contributed by atoms with van der Waals surface area (Å²) in [6.45, 7) is 0. The monoisotopic (exact) mass is 323 g/mol. The molecule has 0 N–H and O–H groups in total. The van der Waals surface area contributed by atoms with Crippen molar-refractivity contribution in [3.8, 4) is 22.6 Å². The van der Waals surface area contributed by atoms with Crippen LogP contribution in [-0.2, 0) is 6.18 Å². The van der Waals surface area contributed by atoms with Gasteiger partial charge in [-0.15, -0.1) is 0 Å². The van der Waals surface area contributed by atoms with Crippen molar-refractivity contribution in [3.05, 3.63) is 65.5 Å². The fourth-order valence-electron chi connectivity index (χ4n) is 2.09. The fraction of sp³-hybridized carbons (Fsp3) is 0.0625. The zero-order valence-corrected chi connectivity index (χ0v) is 11.8. The minimum atomic E-state index is -4.38. The number of hydrogen-bond donors (Lipinski definition) is 0. The molecule has 0 aliphatic carbocycles. The first kappa shape index (κ1) is 14.7. The molecule has 0 unspecified atom stereocenters. The predicted molar refractivity (Wildman–Crippen MR) is 77.4 cm³/mol. The molecular formula is C16H9ClF3NO. The second kappa shape index (κ2) is 5.50. The molecule has 0 aliphatic heterocycles. The van der Waals surface area contributed by atoms with E-state index in [1.807, 2.05) is 30.3 Å². The van der Waals surface area contributed by atoms with Crippen molar-refractivity contribution in [2.24, 2.45) is 0 Å². The van der Waals surface area contributed by atoms with Crippen molar-refractivity contribution in [3.63, 3.8) is 0 Å². The third-order valence-electron chi connectivity index (χ3n) is 3.12. The number of rotatable bonds is 2. The molecule has 0 saturated heterocycles. The van der Waals surface area contributed by atoms with E-state index in [0.717, 1.165) is 17.7 Å². The highest BCUT2D eigenvalue weighted by Crippen LogP contribution is 2.36. The molecule has 1 aromatic heterocycles. The highest BCUT2D eigenvalue weighted by Gasteiger charge is 2.30. The van der Waals surface area contributed by atoms with E-state index in [2.05, 4.69) is 4.98 Å². The Kier molecular flexibility index (Phi) is 3.66. The normalized spacial score (nSPS) is 11.6. The Bertz CT molecular complexity index is 779. The molecule has 0 amide bonds. The van der Waals surface area contributed by atoms with E-state index in [4.69, 9.17) is 16.0 Å². The molecule has 2 aromatic carbocycles. The summed E-state index contributed by atoms with van der Waals surface area (Å²) in [6, 6.07) is 13.8. The molecule has 0 bridgehead atoms.